The summed E-state index contributed by atoms with van der Waals surface area (Å²) >= 11 is 0. The van der Waals surface area contributed by atoms with Crippen LogP contribution >= 0.6 is 0 Å². The zero-order chi connectivity index (χ0) is 14.3. The van der Waals surface area contributed by atoms with E-state index in [1.54, 1.807) is 0 Å². The van der Waals surface area contributed by atoms with E-state index in [0.717, 1.165) is 37.1 Å². The third kappa shape index (κ3) is 2.61. The van der Waals surface area contributed by atoms with Crippen LogP contribution in [0.25, 0.3) is 0 Å². The molecule has 0 aromatic rings. The summed E-state index contributed by atoms with van der Waals surface area (Å²) in [6, 6.07) is 0.904. The highest BCUT2D eigenvalue weighted by atomic mass is 16.2. The Morgan fingerprint density at radius 3 is 2.55 bits per heavy atom. The quantitative estimate of drug-likeness (QED) is 0.857. The van der Waals surface area contributed by atoms with Crippen LogP contribution in [0, 0.1) is 17.8 Å². The predicted octanol–water partition coefficient (Wildman–Crippen LogP) is 2.80. The molecular formula is C17H30N2O. The minimum Gasteiger partial charge on any atom is -0.338 e. The van der Waals surface area contributed by atoms with Gasteiger partial charge in [0.25, 0.3) is 0 Å². The lowest BCUT2D eigenvalue weighted by Crippen LogP contribution is -2.56. The molecule has 3 aliphatic rings. The first kappa shape index (κ1) is 14.4. The molecule has 2 aliphatic carbocycles. The van der Waals surface area contributed by atoms with Crippen LogP contribution in [0.3, 0.4) is 0 Å². The maximum atomic E-state index is 12.7. The fraction of sp³-hybridized carbons (Fsp3) is 0.941. The second-order valence-corrected chi connectivity index (χ2v) is 7.63. The van der Waals surface area contributed by atoms with Crippen LogP contribution in [0.15, 0.2) is 0 Å². The molecule has 1 N–H and O–H groups in total. The van der Waals surface area contributed by atoms with E-state index in [4.69, 9.17) is 0 Å². The van der Waals surface area contributed by atoms with Gasteiger partial charge in [-0.15, -0.1) is 0 Å². The van der Waals surface area contributed by atoms with E-state index in [1.807, 2.05) is 0 Å². The number of likely N-dealkylation sites (tertiary alicyclic amines) is 1. The van der Waals surface area contributed by atoms with Crippen molar-refractivity contribution < 1.29 is 4.79 Å². The van der Waals surface area contributed by atoms with Crippen LogP contribution in [0.1, 0.15) is 59.3 Å². The zero-order valence-corrected chi connectivity index (χ0v) is 13.3. The van der Waals surface area contributed by atoms with Crippen molar-refractivity contribution in [3.63, 3.8) is 0 Å². The molecule has 114 valence electrons. The van der Waals surface area contributed by atoms with Crippen molar-refractivity contribution in [2.45, 2.75) is 77.4 Å². The van der Waals surface area contributed by atoms with Gasteiger partial charge < -0.3 is 10.2 Å². The van der Waals surface area contributed by atoms with E-state index in [-0.39, 0.29) is 6.04 Å². The molecule has 3 rings (SSSR count). The highest BCUT2D eigenvalue weighted by molar-refractivity contribution is 5.83. The molecule has 5 unspecified atom stereocenters. The van der Waals surface area contributed by atoms with Gasteiger partial charge in [0.05, 0.1) is 6.04 Å². The summed E-state index contributed by atoms with van der Waals surface area (Å²) in [5.41, 5.74) is 0. The Bertz CT molecular complexity index is 368. The van der Waals surface area contributed by atoms with E-state index >= 15 is 0 Å². The first-order valence-electron chi connectivity index (χ1n) is 8.62. The summed E-state index contributed by atoms with van der Waals surface area (Å²) in [4.78, 5) is 14.9. The molecule has 0 aromatic heterocycles. The Morgan fingerprint density at radius 2 is 1.95 bits per heavy atom. The van der Waals surface area contributed by atoms with E-state index < -0.39 is 0 Å². The first-order chi connectivity index (χ1) is 9.56. The number of hydrogen-bond acceptors (Lipinski definition) is 2. The molecule has 1 amide bonds. The Labute approximate surface area is 123 Å². The largest absolute Gasteiger partial charge is 0.338 e. The van der Waals surface area contributed by atoms with Crippen molar-refractivity contribution in [3.05, 3.63) is 0 Å². The summed E-state index contributed by atoms with van der Waals surface area (Å²) in [6.07, 6.45) is 7.83. The smallest absolute Gasteiger partial charge is 0.239 e. The summed E-state index contributed by atoms with van der Waals surface area (Å²) in [5, 5.41) is 3.45. The van der Waals surface area contributed by atoms with Crippen molar-refractivity contribution in [1.29, 1.82) is 0 Å². The molecule has 1 heterocycles. The lowest BCUT2D eigenvalue weighted by molar-refractivity contribution is -0.140. The third-order valence-corrected chi connectivity index (χ3v) is 5.91. The molecule has 3 fully saturated rings. The van der Waals surface area contributed by atoms with Crippen LogP contribution in [0.2, 0.25) is 0 Å². The number of nitrogens with one attached hydrogen (secondary N) is 1. The van der Waals surface area contributed by atoms with Crippen LogP contribution < -0.4 is 5.32 Å². The lowest BCUT2D eigenvalue weighted by Gasteiger charge is -2.41. The molecule has 1 aliphatic heterocycles. The van der Waals surface area contributed by atoms with Gasteiger partial charge >= 0.3 is 0 Å². The average Bonchev–Trinajstić information content (AvgIpc) is 3.02. The monoisotopic (exact) mass is 278 g/mol. The fourth-order valence-corrected chi connectivity index (χ4v) is 4.98. The Morgan fingerprint density at radius 1 is 1.15 bits per heavy atom. The molecule has 5 atom stereocenters. The molecule has 20 heavy (non-hydrogen) atoms. The maximum absolute atomic E-state index is 12.7. The summed E-state index contributed by atoms with van der Waals surface area (Å²) in [5.74, 6) is 3.01. The molecule has 2 saturated carbocycles. The number of carbonyl (C=O) groups is 1. The number of carbonyl (C=O) groups excluding carboxylic acids is 1. The number of fused-ring (bicyclic) bond motifs is 2. The Balaban J connectivity index is 1.65. The van der Waals surface area contributed by atoms with Crippen LogP contribution in [-0.2, 0) is 4.79 Å². The topological polar surface area (TPSA) is 32.3 Å². The number of hydrogen-bond donors (Lipinski definition) is 1. The van der Waals surface area contributed by atoms with Gasteiger partial charge in [0, 0.05) is 18.6 Å². The zero-order valence-electron chi connectivity index (χ0n) is 13.3. The van der Waals surface area contributed by atoms with Crippen molar-refractivity contribution in [1.82, 2.24) is 10.2 Å². The van der Waals surface area contributed by atoms with Gasteiger partial charge in [-0.3, -0.25) is 4.79 Å². The van der Waals surface area contributed by atoms with Crippen LogP contribution in [0.5, 0.6) is 0 Å². The Hall–Kier alpha value is -0.570. The Kier molecular flexibility index (Phi) is 4.07. The summed E-state index contributed by atoms with van der Waals surface area (Å²) < 4.78 is 0. The minimum atomic E-state index is 0.0600. The average molecular weight is 278 g/mol. The fourth-order valence-electron chi connectivity index (χ4n) is 4.98. The first-order valence-corrected chi connectivity index (χ1v) is 8.62. The highest BCUT2D eigenvalue weighted by Gasteiger charge is 2.45. The number of rotatable bonds is 4. The van der Waals surface area contributed by atoms with Gasteiger partial charge in [0.1, 0.15) is 0 Å². The van der Waals surface area contributed by atoms with Crippen LogP contribution in [0.4, 0.5) is 0 Å². The van der Waals surface area contributed by atoms with Crippen LogP contribution in [-0.4, -0.2) is 35.5 Å². The minimum absolute atomic E-state index is 0.0600. The van der Waals surface area contributed by atoms with Crippen molar-refractivity contribution >= 4 is 5.91 Å². The van der Waals surface area contributed by atoms with Gasteiger partial charge in [-0.2, -0.15) is 0 Å². The van der Waals surface area contributed by atoms with Gasteiger partial charge in [-0.1, -0.05) is 20.3 Å². The maximum Gasteiger partial charge on any atom is 0.239 e. The van der Waals surface area contributed by atoms with Gasteiger partial charge in [0.2, 0.25) is 5.91 Å². The van der Waals surface area contributed by atoms with E-state index in [9.17, 15) is 4.79 Å². The second-order valence-electron chi connectivity index (χ2n) is 7.63. The predicted molar refractivity (Wildman–Crippen MR) is 81.4 cm³/mol. The lowest BCUT2D eigenvalue weighted by atomic mass is 9.82. The van der Waals surface area contributed by atoms with Gasteiger partial charge in [-0.25, -0.2) is 0 Å². The summed E-state index contributed by atoms with van der Waals surface area (Å²) in [6.45, 7) is 7.54. The van der Waals surface area contributed by atoms with Crippen molar-refractivity contribution in [2.24, 2.45) is 17.8 Å². The van der Waals surface area contributed by atoms with E-state index in [1.165, 1.54) is 25.7 Å². The van der Waals surface area contributed by atoms with Gasteiger partial charge in [-0.05, 0) is 56.8 Å². The highest BCUT2D eigenvalue weighted by Crippen LogP contribution is 2.50. The molecule has 3 nitrogen and oxygen atoms in total. The molecule has 0 radical (unpaired) electrons. The van der Waals surface area contributed by atoms with Crippen molar-refractivity contribution in [2.75, 3.05) is 6.54 Å². The van der Waals surface area contributed by atoms with E-state index in [2.05, 4.69) is 31.0 Å². The number of nitrogens with zero attached hydrogens (tertiary/aromatic N) is 1. The summed E-state index contributed by atoms with van der Waals surface area (Å²) in [7, 11) is 0. The number of amides is 1. The SMILES string of the molecule is CC(C)NC1CCCN(C(C)C2CC3CCC2C3)C1=O. The number of piperidine rings is 1. The normalized spacial score (nSPS) is 38.8. The molecule has 0 spiro atoms. The standard InChI is InChI=1S/C17H30N2O/c1-11(2)18-16-5-4-8-19(17(16)20)12(3)15-10-13-6-7-14(15)9-13/h11-16,18H,4-10H2,1-3H3. The molecule has 1 saturated heterocycles. The van der Waals surface area contributed by atoms with E-state index in [0.29, 0.717) is 18.0 Å². The molecular weight excluding hydrogens is 248 g/mol. The third-order valence-electron chi connectivity index (χ3n) is 5.91. The molecule has 3 heteroatoms. The van der Waals surface area contributed by atoms with Crippen molar-refractivity contribution in [3.8, 4) is 0 Å². The van der Waals surface area contributed by atoms with Gasteiger partial charge in [0.15, 0.2) is 0 Å². The molecule has 2 bridgehead atoms. The molecule has 0 aromatic carbocycles. The second kappa shape index (κ2) is 5.67.